The number of ether oxygens (including phenoxy) is 1. The van der Waals surface area contributed by atoms with Gasteiger partial charge in [0.05, 0.1) is 0 Å². The molecule has 1 aromatic carbocycles. The predicted molar refractivity (Wildman–Crippen MR) is 84.2 cm³/mol. The average Bonchev–Trinajstić information content (AvgIpc) is 2.80. The molecule has 1 amide bonds. The Morgan fingerprint density at radius 2 is 2.18 bits per heavy atom. The number of nitrogens with one attached hydrogen (secondary N) is 2. The summed E-state index contributed by atoms with van der Waals surface area (Å²) in [6.45, 7) is 5.61. The fourth-order valence-corrected chi connectivity index (χ4v) is 2.30. The second kappa shape index (κ2) is 6.36. The van der Waals surface area contributed by atoms with Crippen LogP contribution in [0.2, 0.25) is 0 Å². The number of hydrogen-bond acceptors (Lipinski definition) is 3. The van der Waals surface area contributed by atoms with E-state index in [0.29, 0.717) is 11.8 Å². The van der Waals surface area contributed by atoms with Crippen molar-refractivity contribution in [2.45, 2.75) is 38.8 Å². The summed E-state index contributed by atoms with van der Waals surface area (Å²) < 4.78 is 19.2. The van der Waals surface area contributed by atoms with Gasteiger partial charge in [-0.3, -0.25) is 0 Å². The number of amides is 1. The Labute approximate surface area is 129 Å². The minimum absolute atomic E-state index is 0.236. The van der Waals surface area contributed by atoms with Crippen LogP contribution in [-0.2, 0) is 11.2 Å². The maximum atomic E-state index is 14.0. The number of aromatic nitrogens is 1. The van der Waals surface area contributed by atoms with Crippen molar-refractivity contribution in [2.24, 2.45) is 5.73 Å². The molecule has 0 saturated heterocycles. The molecule has 4 N–H and O–H groups in total. The van der Waals surface area contributed by atoms with Gasteiger partial charge in [0.25, 0.3) is 0 Å². The lowest BCUT2D eigenvalue weighted by atomic mass is 10.0. The van der Waals surface area contributed by atoms with E-state index in [1.54, 1.807) is 39.1 Å². The molecule has 0 saturated carbocycles. The first-order valence-corrected chi connectivity index (χ1v) is 7.24. The highest BCUT2D eigenvalue weighted by atomic mass is 19.1. The maximum Gasteiger partial charge on any atom is 0.407 e. The van der Waals surface area contributed by atoms with E-state index in [4.69, 9.17) is 10.5 Å². The lowest BCUT2D eigenvalue weighted by molar-refractivity contribution is 0.0506. The van der Waals surface area contributed by atoms with E-state index >= 15 is 0 Å². The van der Waals surface area contributed by atoms with Gasteiger partial charge in [-0.15, -0.1) is 0 Å². The molecular weight excluding hydrogens is 285 g/mol. The van der Waals surface area contributed by atoms with Gasteiger partial charge in [-0.1, -0.05) is 6.07 Å². The van der Waals surface area contributed by atoms with Crippen LogP contribution in [0.15, 0.2) is 24.4 Å². The van der Waals surface area contributed by atoms with Crippen LogP contribution in [0.4, 0.5) is 9.18 Å². The first-order chi connectivity index (χ1) is 10.3. The number of nitrogens with two attached hydrogens (primary N) is 1. The highest BCUT2D eigenvalue weighted by molar-refractivity contribution is 5.84. The van der Waals surface area contributed by atoms with Crippen LogP contribution in [0, 0.1) is 5.82 Å². The Bertz CT molecular complexity index is 661. The number of carbonyl (C=O) groups is 1. The second-order valence-corrected chi connectivity index (χ2v) is 6.26. The molecule has 0 radical (unpaired) electrons. The van der Waals surface area contributed by atoms with Crippen LogP contribution in [-0.4, -0.2) is 29.3 Å². The summed E-state index contributed by atoms with van der Waals surface area (Å²) in [5.74, 6) is -0.290. The highest BCUT2D eigenvalue weighted by Crippen LogP contribution is 2.22. The van der Waals surface area contributed by atoms with Gasteiger partial charge in [-0.25, -0.2) is 9.18 Å². The average molecular weight is 307 g/mol. The SMILES string of the molecule is CC(C)(C)OC(=O)NC(CN)Cc1c[nH]c2cccc(F)c12. The van der Waals surface area contributed by atoms with Gasteiger partial charge in [0.2, 0.25) is 0 Å². The zero-order valence-electron chi connectivity index (χ0n) is 13.1. The Kier molecular flexibility index (Phi) is 4.71. The summed E-state index contributed by atoms with van der Waals surface area (Å²) >= 11 is 0. The molecule has 0 fully saturated rings. The minimum Gasteiger partial charge on any atom is -0.444 e. The molecule has 0 bridgehead atoms. The first kappa shape index (κ1) is 16.3. The van der Waals surface area contributed by atoms with E-state index in [0.717, 1.165) is 11.1 Å². The first-order valence-electron chi connectivity index (χ1n) is 7.24. The minimum atomic E-state index is -0.573. The number of H-pyrrole nitrogens is 1. The van der Waals surface area contributed by atoms with Crippen LogP contribution in [0.1, 0.15) is 26.3 Å². The van der Waals surface area contributed by atoms with Crippen molar-refractivity contribution >= 4 is 17.0 Å². The Morgan fingerprint density at radius 1 is 1.45 bits per heavy atom. The van der Waals surface area contributed by atoms with Crippen molar-refractivity contribution in [3.8, 4) is 0 Å². The highest BCUT2D eigenvalue weighted by Gasteiger charge is 2.20. The molecule has 5 nitrogen and oxygen atoms in total. The summed E-state index contributed by atoms with van der Waals surface area (Å²) in [5.41, 5.74) is 6.64. The van der Waals surface area contributed by atoms with Gasteiger partial charge in [-0.05, 0) is 44.9 Å². The zero-order chi connectivity index (χ0) is 16.3. The fourth-order valence-electron chi connectivity index (χ4n) is 2.30. The van der Waals surface area contributed by atoms with Crippen LogP contribution >= 0.6 is 0 Å². The van der Waals surface area contributed by atoms with Gasteiger partial charge >= 0.3 is 6.09 Å². The third kappa shape index (κ3) is 3.98. The number of rotatable bonds is 4. The second-order valence-electron chi connectivity index (χ2n) is 6.26. The molecule has 0 spiro atoms. The summed E-state index contributed by atoms with van der Waals surface area (Å²) in [6.07, 6.45) is 1.65. The lowest BCUT2D eigenvalue weighted by Gasteiger charge is -2.23. The van der Waals surface area contributed by atoms with Crippen LogP contribution in [0.3, 0.4) is 0 Å². The summed E-state index contributed by atoms with van der Waals surface area (Å²) in [5, 5.41) is 3.26. The van der Waals surface area contributed by atoms with E-state index in [-0.39, 0.29) is 18.4 Å². The van der Waals surface area contributed by atoms with Crippen molar-refractivity contribution in [1.29, 1.82) is 0 Å². The van der Waals surface area contributed by atoms with Crippen LogP contribution in [0.5, 0.6) is 0 Å². The lowest BCUT2D eigenvalue weighted by Crippen LogP contribution is -2.44. The van der Waals surface area contributed by atoms with Crippen molar-refractivity contribution < 1.29 is 13.9 Å². The molecule has 0 aliphatic rings. The molecule has 22 heavy (non-hydrogen) atoms. The normalized spacial score (nSPS) is 13.1. The Morgan fingerprint density at radius 3 is 2.82 bits per heavy atom. The van der Waals surface area contributed by atoms with E-state index in [1.807, 2.05) is 0 Å². The summed E-state index contributed by atoms with van der Waals surface area (Å²) in [7, 11) is 0. The van der Waals surface area contributed by atoms with E-state index in [1.165, 1.54) is 6.07 Å². The van der Waals surface area contributed by atoms with Crippen molar-refractivity contribution in [3.63, 3.8) is 0 Å². The molecule has 1 heterocycles. The molecule has 2 rings (SSSR count). The van der Waals surface area contributed by atoms with E-state index in [9.17, 15) is 9.18 Å². The number of aromatic amines is 1. The number of hydrogen-bond donors (Lipinski definition) is 3. The number of carbonyl (C=O) groups excluding carboxylic acids is 1. The van der Waals surface area contributed by atoms with Gasteiger partial charge in [-0.2, -0.15) is 0 Å². The fraction of sp³-hybridized carbons (Fsp3) is 0.438. The van der Waals surface area contributed by atoms with Gasteiger partial charge < -0.3 is 20.8 Å². The molecule has 1 unspecified atom stereocenters. The van der Waals surface area contributed by atoms with Crippen molar-refractivity contribution in [3.05, 3.63) is 35.8 Å². The number of halogens is 1. The largest absolute Gasteiger partial charge is 0.444 e. The number of benzene rings is 1. The standard InChI is InChI=1S/C16H22FN3O2/c1-16(2,3)22-15(21)20-11(8-18)7-10-9-19-13-6-4-5-12(17)14(10)13/h4-6,9,11,19H,7-8,18H2,1-3H3,(H,20,21). The number of fused-ring (bicyclic) bond motifs is 1. The summed E-state index contributed by atoms with van der Waals surface area (Å²) in [6, 6.07) is 4.55. The topological polar surface area (TPSA) is 80.1 Å². The van der Waals surface area contributed by atoms with Gasteiger partial charge in [0.1, 0.15) is 11.4 Å². The van der Waals surface area contributed by atoms with Gasteiger partial charge in [0, 0.05) is 29.7 Å². The van der Waals surface area contributed by atoms with Gasteiger partial charge in [0.15, 0.2) is 0 Å². The third-order valence-corrected chi connectivity index (χ3v) is 3.21. The molecule has 2 aromatic rings. The van der Waals surface area contributed by atoms with Crippen molar-refractivity contribution in [2.75, 3.05) is 6.54 Å². The molecule has 120 valence electrons. The molecular formula is C16H22FN3O2. The quantitative estimate of drug-likeness (QED) is 0.812. The molecule has 0 aliphatic heterocycles. The van der Waals surface area contributed by atoms with E-state index < -0.39 is 11.7 Å². The van der Waals surface area contributed by atoms with Crippen LogP contribution < -0.4 is 11.1 Å². The van der Waals surface area contributed by atoms with E-state index in [2.05, 4.69) is 10.3 Å². The molecule has 6 heteroatoms. The Hall–Kier alpha value is -2.08. The maximum absolute atomic E-state index is 14.0. The molecule has 1 aromatic heterocycles. The molecule has 1 atom stereocenters. The Balaban J connectivity index is 2.11. The number of alkyl carbamates (subject to hydrolysis) is 1. The zero-order valence-corrected chi connectivity index (χ0v) is 13.1. The van der Waals surface area contributed by atoms with Crippen molar-refractivity contribution in [1.82, 2.24) is 10.3 Å². The molecule has 0 aliphatic carbocycles. The predicted octanol–water partition coefficient (Wildman–Crippen LogP) is 2.70. The smallest absolute Gasteiger partial charge is 0.407 e. The van der Waals surface area contributed by atoms with Crippen LogP contribution in [0.25, 0.3) is 10.9 Å². The third-order valence-electron chi connectivity index (χ3n) is 3.21. The summed E-state index contributed by atoms with van der Waals surface area (Å²) in [4.78, 5) is 14.8. The monoisotopic (exact) mass is 307 g/mol.